The Morgan fingerprint density at radius 1 is 1.27 bits per heavy atom. The molecule has 10 nitrogen and oxygen atoms in total. The van der Waals surface area contributed by atoms with Crippen molar-refractivity contribution in [2.75, 3.05) is 11.9 Å². The van der Waals surface area contributed by atoms with Crippen molar-refractivity contribution in [1.29, 1.82) is 0 Å². The smallest absolute Gasteiger partial charge is 0.271 e. The first-order chi connectivity index (χ1) is 17.7. The number of amides is 1. The molecule has 1 aromatic carbocycles. The predicted octanol–water partition coefficient (Wildman–Crippen LogP) is 2.93. The van der Waals surface area contributed by atoms with Crippen LogP contribution in [-0.2, 0) is 11.3 Å². The lowest BCUT2D eigenvalue weighted by Gasteiger charge is -2.21. The highest BCUT2D eigenvalue weighted by Gasteiger charge is 2.29. The molecule has 12 heteroatoms. The fourth-order valence-electron chi connectivity index (χ4n) is 4.43. The molecule has 1 saturated carbocycles. The summed E-state index contributed by atoms with van der Waals surface area (Å²) in [7, 11) is 0. The second kappa shape index (κ2) is 11.6. The number of benzene rings is 1. The first kappa shape index (κ1) is 26.4. The average Bonchev–Trinajstić information content (AvgIpc) is 3.55. The number of aryl methyl sites for hydroxylation is 1. The van der Waals surface area contributed by atoms with Crippen molar-refractivity contribution in [3.8, 4) is 11.5 Å². The molecule has 1 fully saturated rings. The minimum atomic E-state index is -0.996. The highest BCUT2D eigenvalue weighted by Crippen LogP contribution is 2.32. The van der Waals surface area contributed by atoms with Crippen molar-refractivity contribution in [3.05, 3.63) is 64.2 Å². The Morgan fingerprint density at radius 3 is 2.73 bits per heavy atom. The summed E-state index contributed by atoms with van der Waals surface area (Å²) in [6, 6.07) is 3.96. The van der Waals surface area contributed by atoms with Gasteiger partial charge in [-0.05, 0) is 30.9 Å². The van der Waals surface area contributed by atoms with E-state index in [4.69, 9.17) is 9.84 Å². The van der Waals surface area contributed by atoms with Crippen LogP contribution < -0.4 is 15.6 Å². The zero-order chi connectivity index (χ0) is 26.5. The van der Waals surface area contributed by atoms with Gasteiger partial charge in [-0.25, -0.2) is 13.5 Å². The third-order valence-corrected chi connectivity index (χ3v) is 6.39. The number of rotatable bonds is 10. The Kier molecular flexibility index (Phi) is 8.29. The first-order valence-electron chi connectivity index (χ1n) is 12.1. The van der Waals surface area contributed by atoms with Crippen LogP contribution in [0.1, 0.15) is 43.7 Å². The van der Waals surface area contributed by atoms with E-state index in [1.165, 1.54) is 23.7 Å². The number of aliphatic hydroxyl groups is 2. The molecule has 2 heterocycles. The lowest BCUT2D eigenvalue weighted by molar-refractivity contribution is -0.120. The zero-order valence-corrected chi connectivity index (χ0v) is 20.3. The molecule has 4 rings (SSSR count). The van der Waals surface area contributed by atoms with Crippen LogP contribution >= 0.6 is 0 Å². The molecule has 0 aliphatic heterocycles. The summed E-state index contributed by atoms with van der Waals surface area (Å²) in [6.07, 6.45) is 6.01. The molecular formula is C25H29F2N5O5. The van der Waals surface area contributed by atoms with Gasteiger partial charge < -0.3 is 20.3 Å². The number of carbonyl (C=O) groups excluding carboxylic acids is 1. The van der Waals surface area contributed by atoms with Crippen molar-refractivity contribution < 1.29 is 28.5 Å². The molecule has 0 spiro atoms. The largest absolute Gasteiger partial charge is 0.449 e. The van der Waals surface area contributed by atoms with Gasteiger partial charge in [-0.2, -0.15) is 10.2 Å². The molecule has 37 heavy (non-hydrogen) atoms. The highest BCUT2D eigenvalue weighted by molar-refractivity contribution is 5.92. The summed E-state index contributed by atoms with van der Waals surface area (Å²) < 4.78 is 36.1. The van der Waals surface area contributed by atoms with E-state index in [-0.39, 0.29) is 29.6 Å². The van der Waals surface area contributed by atoms with Crippen LogP contribution in [0.15, 0.2) is 41.5 Å². The van der Waals surface area contributed by atoms with Gasteiger partial charge in [-0.1, -0.05) is 31.7 Å². The second-order valence-electron chi connectivity index (χ2n) is 9.23. The summed E-state index contributed by atoms with van der Waals surface area (Å²) in [5, 5.41) is 29.6. The van der Waals surface area contributed by atoms with E-state index in [1.807, 2.05) is 0 Å². The van der Waals surface area contributed by atoms with Gasteiger partial charge in [-0.3, -0.25) is 14.3 Å². The Labute approximate surface area is 211 Å². The summed E-state index contributed by atoms with van der Waals surface area (Å²) in [6.45, 7) is 1.08. The number of hydrogen-bond donors (Lipinski definition) is 3. The van der Waals surface area contributed by atoms with Crippen LogP contribution in [0, 0.1) is 24.5 Å². The molecule has 0 saturated heterocycles. The van der Waals surface area contributed by atoms with Crippen LogP contribution in [0.25, 0.3) is 0 Å². The van der Waals surface area contributed by atoms with Gasteiger partial charge in [0.25, 0.3) is 11.5 Å². The third kappa shape index (κ3) is 6.38. The summed E-state index contributed by atoms with van der Waals surface area (Å²) in [5.41, 5.74) is -0.486. The highest BCUT2D eigenvalue weighted by atomic mass is 19.1. The lowest BCUT2D eigenvalue weighted by atomic mass is 9.98. The van der Waals surface area contributed by atoms with Crippen LogP contribution in [0.2, 0.25) is 0 Å². The van der Waals surface area contributed by atoms with Crippen LogP contribution in [-0.4, -0.2) is 48.4 Å². The van der Waals surface area contributed by atoms with E-state index in [1.54, 1.807) is 6.20 Å². The SMILES string of the molecule is Cc1ccc(F)c(Oc2cnn(C(CC3CCCC3)C(=O)Nc3ccn(CC(O)CO)n3)c(=O)c2)c1F. The molecule has 2 unspecified atom stereocenters. The van der Waals surface area contributed by atoms with Gasteiger partial charge in [0.05, 0.1) is 25.5 Å². The van der Waals surface area contributed by atoms with Gasteiger partial charge in [0, 0.05) is 18.3 Å². The maximum Gasteiger partial charge on any atom is 0.271 e. The molecular weight excluding hydrogens is 488 g/mol. The number of carbonyl (C=O) groups is 1. The molecule has 198 valence electrons. The number of nitrogens with zero attached hydrogens (tertiary/aromatic N) is 4. The monoisotopic (exact) mass is 517 g/mol. The zero-order valence-electron chi connectivity index (χ0n) is 20.3. The number of halogens is 2. The number of nitrogens with one attached hydrogen (secondary N) is 1. The molecule has 3 aromatic rings. The van der Waals surface area contributed by atoms with Gasteiger partial charge in [0.2, 0.25) is 0 Å². The van der Waals surface area contributed by atoms with Crippen molar-refractivity contribution in [2.24, 2.45) is 5.92 Å². The Morgan fingerprint density at radius 2 is 2.03 bits per heavy atom. The molecule has 1 amide bonds. The van der Waals surface area contributed by atoms with E-state index < -0.39 is 47.6 Å². The molecule has 0 bridgehead atoms. The minimum absolute atomic E-state index is 0.0441. The van der Waals surface area contributed by atoms with E-state index >= 15 is 0 Å². The Balaban J connectivity index is 1.56. The average molecular weight is 518 g/mol. The molecule has 1 aliphatic carbocycles. The number of aromatic nitrogens is 4. The first-order valence-corrected chi connectivity index (χ1v) is 12.1. The van der Waals surface area contributed by atoms with Gasteiger partial charge >= 0.3 is 0 Å². The summed E-state index contributed by atoms with van der Waals surface area (Å²) >= 11 is 0. The maximum atomic E-state index is 14.3. The Hall–Kier alpha value is -3.64. The van der Waals surface area contributed by atoms with Crippen LogP contribution in [0.5, 0.6) is 11.5 Å². The lowest BCUT2D eigenvalue weighted by Crippen LogP contribution is -2.36. The second-order valence-corrected chi connectivity index (χ2v) is 9.23. The number of ether oxygens (including phenoxy) is 1. The van der Waals surface area contributed by atoms with Crippen molar-refractivity contribution in [1.82, 2.24) is 19.6 Å². The van der Waals surface area contributed by atoms with Crippen molar-refractivity contribution in [2.45, 2.75) is 57.7 Å². The Bertz CT molecular complexity index is 1300. The topological polar surface area (TPSA) is 132 Å². The summed E-state index contributed by atoms with van der Waals surface area (Å²) in [5.74, 6) is -2.66. The molecule has 2 aromatic heterocycles. The van der Waals surface area contributed by atoms with Crippen LogP contribution in [0.3, 0.4) is 0 Å². The van der Waals surface area contributed by atoms with E-state index in [2.05, 4.69) is 15.5 Å². The maximum absolute atomic E-state index is 14.3. The van der Waals surface area contributed by atoms with Gasteiger partial charge in [0.15, 0.2) is 29.0 Å². The normalized spacial score (nSPS) is 15.5. The fraction of sp³-hybridized carbons (Fsp3) is 0.440. The summed E-state index contributed by atoms with van der Waals surface area (Å²) in [4.78, 5) is 26.2. The van der Waals surface area contributed by atoms with E-state index in [9.17, 15) is 23.5 Å². The van der Waals surface area contributed by atoms with E-state index in [0.29, 0.717) is 6.42 Å². The standard InChI is InChI=1S/C25H29F2N5O5/c1-15-6-7-19(26)24(23(15)27)37-18-11-22(35)32(28-12-18)20(10-16-4-2-3-5-16)25(36)29-21-8-9-31(30-21)13-17(34)14-33/h6-9,11-12,16-17,20,33-34H,2-5,10,13-14H2,1H3,(H,29,30,36). The molecule has 2 atom stereocenters. The van der Waals surface area contributed by atoms with Crippen LogP contribution in [0.4, 0.5) is 14.6 Å². The van der Waals surface area contributed by atoms with E-state index in [0.717, 1.165) is 48.7 Å². The molecule has 1 aliphatic rings. The number of aliphatic hydroxyl groups excluding tert-OH is 2. The molecule has 3 N–H and O–H groups in total. The van der Waals surface area contributed by atoms with Crippen molar-refractivity contribution >= 4 is 11.7 Å². The third-order valence-electron chi connectivity index (χ3n) is 6.39. The van der Waals surface area contributed by atoms with Gasteiger partial charge in [0.1, 0.15) is 6.04 Å². The van der Waals surface area contributed by atoms with Gasteiger partial charge in [-0.15, -0.1) is 0 Å². The minimum Gasteiger partial charge on any atom is -0.449 e. The fourth-order valence-corrected chi connectivity index (χ4v) is 4.43. The predicted molar refractivity (Wildman–Crippen MR) is 129 cm³/mol. The number of anilines is 1. The quantitative estimate of drug-likeness (QED) is 0.377. The molecule has 0 radical (unpaired) electrons. The van der Waals surface area contributed by atoms with Crippen molar-refractivity contribution in [3.63, 3.8) is 0 Å². The number of hydrogen-bond acceptors (Lipinski definition) is 7.